The molecule has 0 aromatic heterocycles. The van der Waals surface area contributed by atoms with E-state index in [2.05, 4.69) is 69.2 Å². The summed E-state index contributed by atoms with van der Waals surface area (Å²) in [5.74, 6) is -0.0167. The molecule has 134 heavy (non-hydrogen) atoms. The fourth-order valence-corrected chi connectivity index (χ4v) is 18.7. The Kier molecular flexibility index (Phi) is 91.3. The molecule has 6 saturated heterocycles. The highest BCUT2D eigenvalue weighted by Crippen LogP contribution is 2.43. The molecule has 0 saturated carbocycles. The zero-order valence-electron chi connectivity index (χ0n) is 90.3. The third kappa shape index (κ3) is 85.8. The highest BCUT2D eigenvalue weighted by Gasteiger charge is 2.52. The predicted molar refractivity (Wildman–Crippen MR) is 561 cm³/mol. The van der Waals surface area contributed by atoms with Gasteiger partial charge in [-0.1, -0.05) is 467 Å². The summed E-state index contributed by atoms with van der Waals surface area (Å²) in [7, 11) is 0. The van der Waals surface area contributed by atoms with Crippen LogP contribution in [0.15, 0.2) is 0 Å². The Balaban J connectivity index is 0.000000568. The molecule has 0 spiro atoms. The van der Waals surface area contributed by atoms with Crippen molar-refractivity contribution in [3.63, 3.8) is 0 Å². The molecule has 6 aliphatic rings. The van der Waals surface area contributed by atoms with Crippen molar-refractivity contribution in [2.24, 2.45) is 0 Å². The lowest BCUT2D eigenvalue weighted by molar-refractivity contribution is -0.144. The van der Waals surface area contributed by atoms with E-state index in [0.717, 1.165) is 109 Å². The number of epoxide rings is 6. The van der Waals surface area contributed by atoms with Gasteiger partial charge in [0.2, 0.25) is 0 Å². The van der Waals surface area contributed by atoms with Gasteiger partial charge in [0.1, 0.15) is 0 Å². The lowest BCUT2D eigenvalue weighted by Crippen LogP contribution is -2.05. The van der Waals surface area contributed by atoms with E-state index in [9.17, 15) is 24.0 Å². The average Bonchev–Trinajstić information content (AvgIpc) is 1.63. The van der Waals surface area contributed by atoms with E-state index in [4.69, 9.17) is 52.1 Å². The summed E-state index contributed by atoms with van der Waals surface area (Å²) < 4.78 is 61.0. The van der Waals surface area contributed by atoms with Crippen LogP contribution in [0.3, 0.4) is 0 Å². The number of rotatable bonds is 97. The number of carbonyl (C=O) groups excluding carboxylic acids is 5. The van der Waals surface area contributed by atoms with Crippen molar-refractivity contribution in [2.45, 2.75) is 695 Å². The number of hydrogen-bond donors (Lipinski definition) is 0. The maximum atomic E-state index is 11.7. The van der Waals surface area contributed by atoms with Crippen molar-refractivity contribution in [1.29, 1.82) is 0 Å². The molecular formula is C118H224O16. The van der Waals surface area contributed by atoms with Gasteiger partial charge in [-0.15, -0.1) is 0 Å². The van der Waals surface area contributed by atoms with Crippen LogP contribution in [0.1, 0.15) is 621 Å². The molecule has 0 aliphatic carbocycles. The molecule has 0 aromatic carbocycles. The van der Waals surface area contributed by atoms with Crippen molar-refractivity contribution < 1.29 is 76.1 Å². The Morgan fingerprint density at radius 2 is 0.276 bits per heavy atom. The van der Waals surface area contributed by atoms with Crippen molar-refractivity contribution in [2.75, 3.05) is 33.0 Å². The maximum Gasteiger partial charge on any atom is 0.305 e. The van der Waals surface area contributed by atoms with Gasteiger partial charge in [-0.3, -0.25) is 24.0 Å². The third-order valence-electron chi connectivity index (χ3n) is 28.2. The summed E-state index contributed by atoms with van der Waals surface area (Å²) >= 11 is 0. The number of carbonyl (C=O) groups is 5. The zero-order chi connectivity index (χ0) is 96.9. The summed E-state index contributed by atoms with van der Waals surface area (Å²) in [6.45, 7) is 25.3. The molecule has 16 heteroatoms. The van der Waals surface area contributed by atoms with Crippen LogP contribution in [0, 0.1) is 0 Å². The minimum atomic E-state index is -0.0187. The van der Waals surface area contributed by atoms with Crippen LogP contribution >= 0.6 is 0 Å². The minimum absolute atomic E-state index is 0.00425. The van der Waals surface area contributed by atoms with E-state index < -0.39 is 0 Å². The molecule has 6 rings (SSSR count). The zero-order valence-corrected chi connectivity index (χ0v) is 90.3. The van der Waals surface area contributed by atoms with Crippen LogP contribution in [0.25, 0.3) is 0 Å². The number of unbranched alkanes of at least 4 members (excludes halogenated alkanes) is 60. The van der Waals surface area contributed by atoms with Crippen molar-refractivity contribution >= 4 is 29.8 Å². The first kappa shape index (κ1) is 127. The Bertz CT molecular complexity index is 2530. The summed E-state index contributed by atoms with van der Waals surface area (Å²) in [4.78, 5) is 58.1. The molecule has 792 valence electrons. The molecule has 12 unspecified atom stereocenters. The summed E-state index contributed by atoms with van der Waals surface area (Å²) in [6.07, 6.45) is 110. The fraction of sp³-hybridized carbons (Fsp3) is 0.958. The molecule has 6 heterocycles. The Morgan fingerprint density at radius 1 is 0.149 bits per heavy atom. The monoisotopic (exact) mass is 1900 g/mol. The first-order valence-corrected chi connectivity index (χ1v) is 59.6. The molecule has 6 aliphatic heterocycles. The maximum absolute atomic E-state index is 11.7. The van der Waals surface area contributed by atoms with Gasteiger partial charge < -0.3 is 52.1 Å². The lowest BCUT2D eigenvalue weighted by Gasteiger charge is -2.05. The summed E-state index contributed by atoms with van der Waals surface area (Å²) in [5.41, 5.74) is 0. The fourth-order valence-electron chi connectivity index (χ4n) is 18.7. The molecule has 0 aromatic rings. The second kappa shape index (κ2) is 96.3. The summed E-state index contributed by atoms with van der Waals surface area (Å²) in [6, 6.07) is 0. The molecule has 16 nitrogen and oxygen atoms in total. The second-order valence-electron chi connectivity index (χ2n) is 41.5. The molecule has 6 fully saturated rings. The van der Waals surface area contributed by atoms with Crippen LogP contribution < -0.4 is 0 Å². The Morgan fingerprint density at radius 3 is 0.470 bits per heavy atom. The second-order valence-corrected chi connectivity index (χ2v) is 41.5. The van der Waals surface area contributed by atoms with E-state index >= 15 is 0 Å². The molecule has 12 atom stereocenters. The van der Waals surface area contributed by atoms with E-state index in [1.54, 1.807) is 0 Å². The van der Waals surface area contributed by atoms with E-state index in [0.29, 0.717) is 138 Å². The third-order valence-corrected chi connectivity index (χ3v) is 28.2. The first-order valence-electron chi connectivity index (χ1n) is 59.6. The largest absolute Gasteiger partial charge is 0.466 e. The molecule has 0 N–H and O–H groups in total. The van der Waals surface area contributed by atoms with Crippen molar-refractivity contribution in [1.82, 2.24) is 0 Å². The van der Waals surface area contributed by atoms with Crippen molar-refractivity contribution in [3.8, 4) is 0 Å². The van der Waals surface area contributed by atoms with E-state index in [1.807, 2.05) is 0 Å². The molecule has 0 amide bonds. The SMILES string of the molecule is CCCCCCCCC1OC1CCCCCCCC(=O)OCCCCCC.CCCCCCCCCCCCCCCC(=O)OCCCCCC.CCCCCCCCCCCCCCCCCC(=O)OCCCCCC.CCCCCCOC(=O)CCCCCCCC1OC1CC1OC1CC1OC1CC.CCCCCCOC(=O)CCCCCCCC1OC1CC1OC1CCCCC. The number of esters is 5. The predicted octanol–water partition coefficient (Wildman–Crippen LogP) is 35.0. The standard InChI is InChI=1S/C24H42O5.C24H44O4.C24H46O3.C24H48O2.C22H44O2/c1-3-5-6-12-15-26-24(25)14-11-9-7-8-10-13-19-21(28-19)17-23-22(29-23)16-20-18(4-2)27-20;1-3-5-7-14-18-26-24(25)17-13-10-8-9-12-16-21-23(28-21)19-22-20(27-22)15-11-6-4-2;1-3-5-7-9-11-14-18-22-23(27-22)19-15-12-10-13-16-20-24(25)26-21-17-8-6-4-2;1-3-5-7-9-10-11-12-13-14-15-16-17-18-19-20-22-24(25)26-23-21-8-6-4-2;1-3-5-7-9-10-11-12-13-14-15-16-17-18-20-22(23)24-21-19-8-6-4-2/h18-23H,3-17H2,1-2H3;20-23H,3-19H2,1-2H3;22-23H,3-21H2,1-2H3;3-23H2,1-2H3;3-21H2,1-2H3. The van der Waals surface area contributed by atoms with Crippen LogP contribution in [-0.2, 0) is 76.1 Å². The van der Waals surface area contributed by atoms with Crippen LogP contribution in [0.4, 0.5) is 0 Å². The van der Waals surface area contributed by atoms with Crippen LogP contribution in [0.2, 0.25) is 0 Å². The normalized spacial score (nSPS) is 20.2. The number of hydrogen-bond acceptors (Lipinski definition) is 16. The van der Waals surface area contributed by atoms with Gasteiger partial charge >= 0.3 is 29.8 Å². The van der Waals surface area contributed by atoms with Gasteiger partial charge in [0, 0.05) is 51.4 Å². The van der Waals surface area contributed by atoms with Gasteiger partial charge in [-0.05, 0) is 103 Å². The smallest absolute Gasteiger partial charge is 0.305 e. The van der Waals surface area contributed by atoms with Gasteiger partial charge in [0.25, 0.3) is 0 Å². The molecular weight excluding hydrogens is 1670 g/mol. The first-order chi connectivity index (χ1) is 65.8. The lowest BCUT2D eigenvalue weighted by atomic mass is 10.0. The summed E-state index contributed by atoms with van der Waals surface area (Å²) in [5, 5.41) is 0. The Labute approximate surface area is 828 Å². The van der Waals surface area contributed by atoms with Crippen molar-refractivity contribution in [3.05, 3.63) is 0 Å². The van der Waals surface area contributed by atoms with Gasteiger partial charge in [-0.25, -0.2) is 0 Å². The molecule has 0 bridgehead atoms. The van der Waals surface area contributed by atoms with E-state index in [1.165, 1.54) is 411 Å². The quantitative estimate of drug-likeness (QED) is 0.0240. The minimum Gasteiger partial charge on any atom is -0.466 e. The topological polar surface area (TPSA) is 207 Å². The van der Waals surface area contributed by atoms with Crippen LogP contribution in [0.5, 0.6) is 0 Å². The highest BCUT2D eigenvalue weighted by atomic mass is 16.6. The molecule has 0 radical (unpaired) electrons. The van der Waals surface area contributed by atoms with Crippen LogP contribution in [-0.4, -0.2) is 136 Å². The number of ether oxygens (including phenoxy) is 11. The van der Waals surface area contributed by atoms with Gasteiger partial charge in [-0.2, -0.15) is 0 Å². The van der Waals surface area contributed by atoms with E-state index in [-0.39, 0.29) is 29.8 Å². The Hall–Kier alpha value is -2.89. The highest BCUT2D eigenvalue weighted by molar-refractivity contribution is 5.70. The van der Waals surface area contributed by atoms with Gasteiger partial charge in [0.15, 0.2) is 0 Å². The van der Waals surface area contributed by atoms with Gasteiger partial charge in [0.05, 0.1) is 106 Å². The average molecular weight is 1900 g/mol.